The monoisotopic (exact) mass is 203 g/mol. The van der Waals surface area contributed by atoms with Gasteiger partial charge in [-0.05, 0) is 12.5 Å². The summed E-state index contributed by atoms with van der Waals surface area (Å²) in [4.78, 5) is 7.96. The second-order valence-electron chi connectivity index (χ2n) is 3.24. The van der Waals surface area contributed by atoms with E-state index in [1.807, 2.05) is 19.3 Å². The molecule has 0 saturated heterocycles. The van der Waals surface area contributed by atoms with Crippen LogP contribution in [-0.2, 0) is 13.5 Å². The predicted molar refractivity (Wildman–Crippen MR) is 57.9 cm³/mol. The van der Waals surface area contributed by atoms with E-state index in [4.69, 9.17) is 0 Å². The third-order valence-electron chi connectivity index (χ3n) is 2.08. The molecule has 0 aliphatic rings. The van der Waals surface area contributed by atoms with Gasteiger partial charge in [0.2, 0.25) is 0 Å². The lowest BCUT2D eigenvalue weighted by Crippen LogP contribution is -1.95. The van der Waals surface area contributed by atoms with E-state index in [1.54, 1.807) is 10.9 Å². The van der Waals surface area contributed by atoms with Gasteiger partial charge in [0.05, 0.1) is 11.4 Å². The highest BCUT2D eigenvalue weighted by molar-refractivity contribution is 5.57. The maximum Gasteiger partial charge on any atom is 0.133 e. The van der Waals surface area contributed by atoms with Gasteiger partial charge in [0.25, 0.3) is 0 Å². The van der Waals surface area contributed by atoms with Crippen molar-refractivity contribution in [3.8, 4) is 0 Å². The lowest BCUT2D eigenvalue weighted by atomic mass is 10.3. The molecular weight excluding hydrogens is 190 g/mol. The van der Waals surface area contributed by atoms with Crippen molar-refractivity contribution in [3.05, 3.63) is 30.5 Å². The van der Waals surface area contributed by atoms with Gasteiger partial charge < -0.3 is 5.32 Å². The molecule has 0 bridgehead atoms. The van der Waals surface area contributed by atoms with Gasteiger partial charge in [-0.25, -0.2) is 9.97 Å². The first-order chi connectivity index (χ1) is 7.29. The topological polar surface area (TPSA) is 55.6 Å². The molecule has 0 amide bonds. The molecule has 0 spiro atoms. The molecule has 2 aromatic heterocycles. The normalized spacial score (nSPS) is 10.3. The van der Waals surface area contributed by atoms with Crippen molar-refractivity contribution in [3.63, 3.8) is 0 Å². The standard InChI is InChI=1S/C10H13N5/c1-3-8-9(6-15(2)14-8)13-10-4-5-11-7-12-10/h4-7H,3H2,1-2H3,(H,11,12,13). The van der Waals surface area contributed by atoms with E-state index in [1.165, 1.54) is 6.33 Å². The predicted octanol–water partition coefficient (Wildman–Crippen LogP) is 1.52. The van der Waals surface area contributed by atoms with Crippen molar-refractivity contribution in [2.24, 2.45) is 7.05 Å². The fourth-order valence-corrected chi connectivity index (χ4v) is 1.40. The highest BCUT2D eigenvalue weighted by atomic mass is 15.3. The molecule has 0 unspecified atom stereocenters. The second kappa shape index (κ2) is 4.08. The van der Waals surface area contributed by atoms with Gasteiger partial charge >= 0.3 is 0 Å². The van der Waals surface area contributed by atoms with Crippen LogP contribution >= 0.6 is 0 Å². The summed E-state index contributed by atoms with van der Waals surface area (Å²) < 4.78 is 1.79. The largest absolute Gasteiger partial charge is 0.337 e. The average molecular weight is 203 g/mol. The molecule has 0 aliphatic carbocycles. The van der Waals surface area contributed by atoms with Crippen molar-refractivity contribution in [2.75, 3.05) is 5.32 Å². The van der Waals surface area contributed by atoms with Crippen LogP contribution in [0.4, 0.5) is 11.5 Å². The minimum atomic E-state index is 0.785. The molecule has 1 N–H and O–H groups in total. The van der Waals surface area contributed by atoms with E-state index < -0.39 is 0 Å². The van der Waals surface area contributed by atoms with Crippen LogP contribution < -0.4 is 5.32 Å². The minimum absolute atomic E-state index is 0.785. The van der Waals surface area contributed by atoms with Crippen LogP contribution in [0.2, 0.25) is 0 Å². The molecule has 78 valence electrons. The number of nitrogens with zero attached hydrogens (tertiary/aromatic N) is 4. The van der Waals surface area contributed by atoms with Crippen molar-refractivity contribution in [1.29, 1.82) is 0 Å². The van der Waals surface area contributed by atoms with E-state index in [9.17, 15) is 0 Å². The molecule has 0 atom stereocenters. The van der Waals surface area contributed by atoms with Gasteiger partial charge in [0, 0.05) is 19.4 Å². The molecule has 15 heavy (non-hydrogen) atoms. The van der Waals surface area contributed by atoms with Crippen molar-refractivity contribution < 1.29 is 0 Å². The summed E-state index contributed by atoms with van der Waals surface area (Å²) >= 11 is 0. The van der Waals surface area contributed by atoms with E-state index in [2.05, 4.69) is 27.3 Å². The Kier molecular flexibility index (Phi) is 2.62. The summed E-state index contributed by atoms with van der Waals surface area (Å²) in [5.74, 6) is 0.785. The maximum absolute atomic E-state index is 4.34. The van der Waals surface area contributed by atoms with Crippen LogP contribution in [0, 0.1) is 0 Å². The minimum Gasteiger partial charge on any atom is -0.337 e. The van der Waals surface area contributed by atoms with Crippen LogP contribution in [-0.4, -0.2) is 19.7 Å². The molecular formula is C10H13N5. The smallest absolute Gasteiger partial charge is 0.133 e. The number of aryl methyl sites for hydroxylation is 2. The first-order valence-corrected chi connectivity index (χ1v) is 4.85. The van der Waals surface area contributed by atoms with Gasteiger partial charge in [-0.15, -0.1) is 0 Å². The summed E-state index contributed by atoms with van der Waals surface area (Å²) in [5, 5.41) is 7.55. The molecule has 0 radical (unpaired) electrons. The molecule has 0 aliphatic heterocycles. The number of aromatic nitrogens is 4. The Hall–Kier alpha value is -1.91. The maximum atomic E-state index is 4.34. The zero-order chi connectivity index (χ0) is 10.7. The Morgan fingerprint density at radius 1 is 1.47 bits per heavy atom. The van der Waals surface area contributed by atoms with Gasteiger partial charge in [0.15, 0.2) is 0 Å². The lowest BCUT2D eigenvalue weighted by molar-refractivity contribution is 0.746. The van der Waals surface area contributed by atoms with Gasteiger partial charge in [-0.2, -0.15) is 5.10 Å². The van der Waals surface area contributed by atoms with Crippen LogP contribution in [0.1, 0.15) is 12.6 Å². The summed E-state index contributed by atoms with van der Waals surface area (Å²) in [6.45, 7) is 2.08. The highest BCUT2D eigenvalue weighted by Crippen LogP contribution is 2.17. The summed E-state index contributed by atoms with van der Waals surface area (Å²) in [6.07, 6.45) is 6.07. The van der Waals surface area contributed by atoms with Crippen LogP contribution in [0.25, 0.3) is 0 Å². The number of nitrogens with one attached hydrogen (secondary N) is 1. The Morgan fingerprint density at radius 3 is 3.00 bits per heavy atom. The van der Waals surface area contributed by atoms with E-state index >= 15 is 0 Å². The van der Waals surface area contributed by atoms with E-state index in [-0.39, 0.29) is 0 Å². The summed E-state index contributed by atoms with van der Waals surface area (Å²) in [7, 11) is 1.91. The molecule has 5 heteroatoms. The molecule has 0 saturated carbocycles. The molecule has 2 aromatic rings. The number of rotatable bonds is 3. The molecule has 2 heterocycles. The fraction of sp³-hybridized carbons (Fsp3) is 0.300. The van der Waals surface area contributed by atoms with Crippen LogP contribution in [0.5, 0.6) is 0 Å². The van der Waals surface area contributed by atoms with Crippen molar-refractivity contribution >= 4 is 11.5 Å². The second-order valence-corrected chi connectivity index (χ2v) is 3.24. The van der Waals surface area contributed by atoms with Gasteiger partial charge in [-0.3, -0.25) is 4.68 Å². The van der Waals surface area contributed by atoms with Crippen molar-refractivity contribution in [2.45, 2.75) is 13.3 Å². The lowest BCUT2D eigenvalue weighted by Gasteiger charge is -2.02. The van der Waals surface area contributed by atoms with Crippen LogP contribution in [0.15, 0.2) is 24.8 Å². The quantitative estimate of drug-likeness (QED) is 0.821. The molecule has 0 aromatic carbocycles. The van der Waals surface area contributed by atoms with Gasteiger partial charge in [-0.1, -0.05) is 6.92 Å². The number of hydrogen-bond acceptors (Lipinski definition) is 4. The Balaban J connectivity index is 2.24. The fourth-order valence-electron chi connectivity index (χ4n) is 1.40. The zero-order valence-electron chi connectivity index (χ0n) is 8.81. The van der Waals surface area contributed by atoms with Gasteiger partial charge in [0.1, 0.15) is 12.1 Å². The summed E-state index contributed by atoms with van der Waals surface area (Å²) in [6, 6.07) is 1.83. The third-order valence-corrected chi connectivity index (χ3v) is 2.08. The van der Waals surface area contributed by atoms with E-state index in [0.717, 1.165) is 23.6 Å². The number of hydrogen-bond donors (Lipinski definition) is 1. The third kappa shape index (κ3) is 2.12. The molecule has 2 rings (SSSR count). The zero-order valence-corrected chi connectivity index (χ0v) is 8.81. The Bertz CT molecular complexity index is 434. The highest BCUT2D eigenvalue weighted by Gasteiger charge is 2.05. The summed E-state index contributed by atoms with van der Waals surface area (Å²) in [5.41, 5.74) is 2.04. The average Bonchev–Trinajstić information content (AvgIpc) is 2.60. The molecule has 0 fully saturated rings. The SMILES string of the molecule is CCc1nn(C)cc1Nc1ccncn1. The first-order valence-electron chi connectivity index (χ1n) is 4.85. The number of anilines is 2. The van der Waals surface area contributed by atoms with Crippen molar-refractivity contribution in [1.82, 2.24) is 19.7 Å². The Labute approximate surface area is 88.2 Å². The molecule has 5 nitrogen and oxygen atoms in total. The van der Waals surface area contributed by atoms with Crippen LogP contribution in [0.3, 0.4) is 0 Å². The first kappa shape index (κ1) is 9.64. The van der Waals surface area contributed by atoms with E-state index in [0.29, 0.717) is 0 Å². The Morgan fingerprint density at radius 2 is 2.33 bits per heavy atom.